The number of Topliss-reactive ketones (excluding diaryl/α,β-unsaturated/α-hetero) is 1. The molecule has 0 bridgehead atoms. The number of carbonyl (C=O) groups excluding carboxylic acids is 1. The largest absolute Gasteiger partial charge is 0.468 e. The van der Waals surface area contributed by atoms with Gasteiger partial charge >= 0.3 is 0 Å². The Morgan fingerprint density at radius 3 is 2.88 bits per heavy atom. The zero-order valence-corrected chi connectivity index (χ0v) is 10.3. The van der Waals surface area contributed by atoms with Crippen LogP contribution in [0, 0.1) is 5.92 Å². The van der Waals surface area contributed by atoms with Crippen LogP contribution in [0.15, 0.2) is 22.8 Å². The van der Waals surface area contributed by atoms with E-state index in [0.717, 1.165) is 24.4 Å². The van der Waals surface area contributed by atoms with E-state index in [2.05, 4.69) is 0 Å². The highest BCUT2D eigenvalue weighted by atomic mass is 32.2. The summed E-state index contributed by atoms with van der Waals surface area (Å²) in [6, 6.07) is 3.84. The quantitative estimate of drug-likeness (QED) is 0.784. The molecule has 16 heavy (non-hydrogen) atoms. The summed E-state index contributed by atoms with van der Waals surface area (Å²) in [5, 5.41) is 0. The van der Waals surface area contributed by atoms with Gasteiger partial charge in [0.1, 0.15) is 11.5 Å². The van der Waals surface area contributed by atoms with Crippen LogP contribution in [0.1, 0.15) is 37.9 Å². The van der Waals surface area contributed by atoms with Crippen molar-refractivity contribution in [3.63, 3.8) is 0 Å². The van der Waals surface area contributed by atoms with E-state index >= 15 is 0 Å². The van der Waals surface area contributed by atoms with Crippen molar-refractivity contribution >= 4 is 17.5 Å². The van der Waals surface area contributed by atoms with Gasteiger partial charge in [-0.25, -0.2) is 0 Å². The van der Waals surface area contributed by atoms with Crippen LogP contribution in [0.3, 0.4) is 0 Å². The molecule has 1 saturated carbocycles. The summed E-state index contributed by atoms with van der Waals surface area (Å²) >= 11 is 1.67. The molecular weight excluding hydrogens is 220 g/mol. The summed E-state index contributed by atoms with van der Waals surface area (Å²) in [5.74, 6) is 3.20. The van der Waals surface area contributed by atoms with Gasteiger partial charge in [-0.2, -0.15) is 0 Å². The van der Waals surface area contributed by atoms with Crippen molar-refractivity contribution in [1.82, 2.24) is 0 Å². The second-order valence-corrected chi connectivity index (χ2v) is 5.36. The maximum absolute atomic E-state index is 11.9. The third kappa shape index (κ3) is 3.41. The third-order valence-electron chi connectivity index (χ3n) is 3.13. The van der Waals surface area contributed by atoms with Crippen molar-refractivity contribution in [3.8, 4) is 0 Å². The third-order valence-corrected chi connectivity index (χ3v) is 4.11. The number of carbonyl (C=O) groups is 1. The maximum Gasteiger partial charge on any atom is 0.145 e. The van der Waals surface area contributed by atoms with Crippen LogP contribution in [-0.2, 0) is 10.5 Å². The SMILES string of the molecule is O=C(CSCc1ccco1)C1CCCCC1. The van der Waals surface area contributed by atoms with Crippen molar-refractivity contribution in [2.45, 2.75) is 37.9 Å². The second-order valence-electron chi connectivity index (χ2n) is 4.37. The van der Waals surface area contributed by atoms with E-state index < -0.39 is 0 Å². The van der Waals surface area contributed by atoms with Crippen molar-refractivity contribution in [1.29, 1.82) is 0 Å². The molecule has 1 heterocycles. The Kier molecular flexibility index (Phi) is 4.52. The lowest BCUT2D eigenvalue weighted by Gasteiger charge is -2.19. The number of ketones is 1. The number of furan rings is 1. The smallest absolute Gasteiger partial charge is 0.145 e. The van der Waals surface area contributed by atoms with Gasteiger partial charge in [-0.05, 0) is 25.0 Å². The van der Waals surface area contributed by atoms with Crippen LogP contribution in [0.2, 0.25) is 0 Å². The van der Waals surface area contributed by atoms with Gasteiger partial charge in [-0.15, -0.1) is 11.8 Å². The Morgan fingerprint density at radius 2 is 2.19 bits per heavy atom. The molecule has 0 aromatic carbocycles. The summed E-state index contributed by atoms with van der Waals surface area (Å²) in [5.41, 5.74) is 0. The molecule has 0 radical (unpaired) electrons. The first kappa shape index (κ1) is 11.8. The van der Waals surface area contributed by atoms with Crippen LogP contribution < -0.4 is 0 Å². The monoisotopic (exact) mass is 238 g/mol. The highest BCUT2D eigenvalue weighted by molar-refractivity contribution is 7.99. The minimum absolute atomic E-state index is 0.345. The lowest BCUT2D eigenvalue weighted by Crippen LogP contribution is -2.19. The predicted molar refractivity (Wildman–Crippen MR) is 66.5 cm³/mol. The van der Waals surface area contributed by atoms with Crippen molar-refractivity contribution in [3.05, 3.63) is 24.2 Å². The Bertz CT molecular complexity index is 313. The first-order chi connectivity index (χ1) is 7.86. The van der Waals surface area contributed by atoms with Gasteiger partial charge < -0.3 is 4.42 Å². The Labute approximate surface area is 101 Å². The van der Waals surface area contributed by atoms with Crippen molar-refractivity contribution < 1.29 is 9.21 Å². The lowest BCUT2D eigenvalue weighted by molar-refractivity contribution is -0.121. The first-order valence-electron chi connectivity index (χ1n) is 5.99. The summed E-state index contributed by atoms with van der Waals surface area (Å²) in [6.07, 6.45) is 7.68. The fraction of sp³-hybridized carbons (Fsp3) is 0.615. The van der Waals surface area contributed by atoms with E-state index in [9.17, 15) is 4.79 Å². The zero-order valence-electron chi connectivity index (χ0n) is 9.48. The van der Waals surface area contributed by atoms with Gasteiger partial charge in [0.15, 0.2) is 0 Å². The molecule has 0 amide bonds. The molecule has 0 unspecified atom stereocenters. The van der Waals surface area contributed by atoms with Crippen LogP contribution in [0.5, 0.6) is 0 Å². The van der Waals surface area contributed by atoms with Crippen LogP contribution >= 0.6 is 11.8 Å². The predicted octanol–water partition coefficient (Wildman–Crippen LogP) is 3.66. The standard InChI is InChI=1S/C13H18O2S/c14-13(11-5-2-1-3-6-11)10-16-9-12-7-4-8-15-12/h4,7-8,11H,1-3,5-6,9-10H2. The highest BCUT2D eigenvalue weighted by Gasteiger charge is 2.20. The highest BCUT2D eigenvalue weighted by Crippen LogP contribution is 2.26. The van der Waals surface area contributed by atoms with Gasteiger partial charge in [0.05, 0.1) is 17.8 Å². The van der Waals surface area contributed by atoms with Crippen LogP contribution in [-0.4, -0.2) is 11.5 Å². The van der Waals surface area contributed by atoms with Gasteiger partial charge in [0.2, 0.25) is 0 Å². The van der Waals surface area contributed by atoms with E-state index in [1.165, 1.54) is 19.3 Å². The molecule has 2 rings (SSSR count). The zero-order chi connectivity index (χ0) is 11.2. The Hall–Kier alpha value is -0.700. The average Bonchev–Trinajstić information content (AvgIpc) is 2.83. The summed E-state index contributed by atoms with van der Waals surface area (Å²) in [6.45, 7) is 0. The molecule has 1 aromatic heterocycles. The molecule has 0 saturated heterocycles. The fourth-order valence-corrected chi connectivity index (χ4v) is 3.09. The molecule has 1 aliphatic carbocycles. The summed E-state index contributed by atoms with van der Waals surface area (Å²) in [4.78, 5) is 11.9. The van der Waals surface area contributed by atoms with Gasteiger partial charge in [-0.1, -0.05) is 19.3 Å². The maximum atomic E-state index is 11.9. The van der Waals surface area contributed by atoms with Gasteiger partial charge in [0.25, 0.3) is 0 Å². The number of rotatable bonds is 5. The normalized spacial score (nSPS) is 17.5. The van der Waals surface area contributed by atoms with E-state index in [4.69, 9.17) is 4.42 Å². The number of hydrogen-bond acceptors (Lipinski definition) is 3. The topological polar surface area (TPSA) is 30.2 Å². The lowest BCUT2D eigenvalue weighted by atomic mass is 9.87. The van der Waals surface area contributed by atoms with Gasteiger partial charge in [-0.3, -0.25) is 4.79 Å². The molecule has 1 fully saturated rings. The molecular formula is C13H18O2S. The molecule has 1 aromatic rings. The van der Waals surface area contributed by atoms with Crippen molar-refractivity contribution in [2.75, 3.05) is 5.75 Å². The first-order valence-corrected chi connectivity index (χ1v) is 7.14. The minimum Gasteiger partial charge on any atom is -0.468 e. The Balaban J connectivity index is 1.67. The minimum atomic E-state index is 0.345. The molecule has 3 heteroatoms. The summed E-state index contributed by atoms with van der Waals surface area (Å²) < 4.78 is 5.23. The molecule has 88 valence electrons. The Morgan fingerprint density at radius 1 is 1.38 bits per heavy atom. The molecule has 0 N–H and O–H groups in total. The van der Waals surface area contributed by atoms with E-state index in [1.807, 2.05) is 12.1 Å². The van der Waals surface area contributed by atoms with Crippen LogP contribution in [0.25, 0.3) is 0 Å². The fourth-order valence-electron chi connectivity index (χ4n) is 2.19. The molecule has 1 aliphatic rings. The molecule has 0 spiro atoms. The molecule has 0 aliphatic heterocycles. The van der Waals surface area contributed by atoms with Gasteiger partial charge in [0, 0.05) is 5.92 Å². The number of hydrogen-bond donors (Lipinski definition) is 0. The molecule has 2 nitrogen and oxygen atoms in total. The summed E-state index contributed by atoms with van der Waals surface area (Å²) in [7, 11) is 0. The van der Waals surface area contributed by atoms with Crippen LogP contribution in [0.4, 0.5) is 0 Å². The second kappa shape index (κ2) is 6.14. The van der Waals surface area contributed by atoms with E-state index in [-0.39, 0.29) is 0 Å². The van der Waals surface area contributed by atoms with E-state index in [0.29, 0.717) is 17.5 Å². The van der Waals surface area contributed by atoms with E-state index in [1.54, 1.807) is 18.0 Å². The van der Waals surface area contributed by atoms with Crippen molar-refractivity contribution in [2.24, 2.45) is 5.92 Å². The molecule has 0 atom stereocenters. The average molecular weight is 238 g/mol. The number of thioether (sulfide) groups is 1.